The number of fused-ring (bicyclic) bond motifs is 1. The van der Waals surface area contributed by atoms with Crippen LogP contribution in [0.25, 0.3) is 5.69 Å². The van der Waals surface area contributed by atoms with Gasteiger partial charge >= 0.3 is 0 Å². The maximum absolute atomic E-state index is 13.2. The fourth-order valence-electron chi connectivity index (χ4n) is 3.72. The molecular formula is C23H24FN3O2. The summed E-state index contributed by atoms with van der Waals surface area (Å²) < 4.78 is 20.6. The van der Waals surface area contributed by atoms with E-state index in [0.29, 0.717) is 13.0 Å². The second kappa shape index (κ2) is 8.07. The highest BCUT2D eigenvalue weighted by atomic mass is 19.1. The van der Waals surface area contributed by atoms with E-state index in [1.54, 1.807) is 16.8 Å². The summed E-state index contributed by atoms with van der Waals surface area (Å²) in [7, 11) is 0. The first-order valence-corrected chi connectivity index (χ1v) is 9.83. The van der Waals surface area contributed by atoms with E-state index < -0.39 is 0 Å². The van der Waals surface area contributed by atoms with Crippen molar-refractivity contribution in [2.24, 2.45) is 0 Å². The second-order valence-corrected chi connectivity index (χ2v) is 7.39. The van der Waals surface area contributed by atoms with Crippen LogP contribution in [0.1, 0.15) is 34.5 Å². The lowest BCUT2D eigenvalue weighted by Crippen LogP contribution is -2.25. The first-order chi connectivity index (χ1) is 14.0. The average Bonchev–Trinajstić information content (AvgIpc) is 3.00. The number of aromatic nitrogens is 2. The summed E-state index contributed by atoms with van der Waals surface area (Å²) in [4.78, 5) is 12.5. The second-order valence-electron chi connectivity index (χ2n) is 7.39. The van der Waals surface area contributed by atoms with E-state index in [0.717, 1.165) is 53.4 Å². The molecule has 0 bridgehead atoms. The Morgan fingerprint density at radius 1 is 1.21 bits per heavy atom. The quantitative estimate of drug-likeness (QED) is 0.717. The number of ether oxygens (including phenoxy) is 1. The Morgan fingerprint density at radius 3 is 2.79 bits per heavy atom. The van der Waals surface area contributed by atoms with Crippen LogP contribution >= 0.6 is 0 Å². The first kappa shape index (κ1) is 19.2. The molecule has 29 heavy (non-hydrogen) atoms. The topological polar surface area (TPSA) is 56.2 Å². The lowest BCUT2D eigenvalue weighted by molar-refractivity contribution is -0.120. The molecule has 2 heterocycles. The van der Waals surface area contributed by atoms with Crippen molar-refractivity contribution in [2.45, 2.75) is 39.7 Å². The molecule has 0 radical (unpaired) electrons. The monoisotopic (exact) mass is 393 g/mol. The first-order valence-electron chi connectivity index (χ1n) is 9.83. The van der Waals surface area contributed by atoms with Crippen molar-refractivity contribution in [1.29, 1.82) is 0 Å². The van der Waals surface area contributed by atoms with E-state index in [1.807, 2.05) is 26.0 Å². The van der Waals surface area contributed by atoms with E-state index in [4.69, 9.17) is 4.74 Å². The van der Waals surface area contributed by atoms with Crippen LogP contribution in [0.3, 0.4) is 0 Å². The number of amides is 1. The average molecular weight is 393 g/mol. The summed E-state index contributed by atoms with van der Waals surface area (Å²) in [6.07, 6.45) is 2.34. The zero-order valence-corrected chi connectivity index (χ0v) is 16.7. The van der Waals surface area contributed by atoms with Gasteiger partial charge in [-0.1, -0.05) is 12.1 Å². The number of carbonyl (C=O) groups is 1. The molecule has 0 saturated heterocycles. The minimum absolute atomic E-state index is 0.0324. The van der Waals surface area contributed by atoms with Gasteiger partial charge in [0.25, 0.3) is 0 Å². The fraction of sp³-hybridized carbons (Fsp3) is 0.304. The SMILES string of the molecule is Cc1nn(-c2ccc(F)cc2)c(C)c1CNC(=O)Cc1ccc2c(c1)CCCO2. The molecule has 1 aliphatic rings. The van der Waals surface area contributed by atoms with Crippen LogP contribution in [0.2, 0.25) is 0 Å². The molecule has 6 heteroatoms. The van der Waals surface area contributed by atoms with Crippen molar-refractivity contribution >= 4 is 5.91 Å². The van der Waals surface area contributed by atoms with Gasteiger partial charge in [-0.25, -0.2) is 9.07 Å². The van der Waals surface area contributed by atoms with Crippen LogP contribution in [0, 0.1) is 19.7 Å². The fourth-order valence-corrected chi connectivity index (χ4v) is 3.72. The molecule has 0 spiro atoms. The maximum atomic E-state index is 13.2. The molecular weight excluding hydrogens is 369 g/mol. The molecule has 0 aliphatic carbocycles. The maximum Gasteiger partial charge on any atom is 0.224 e. The molecule has 4 rings (SSSR count). The third-order valence-electron chi connectivity index (χ3n) is 5.31. The Balaban J connectivity index is 1.42. The Labute approximate surface area is 169 Å². The van der Waals surface area contributed by atoms with Crippen LogP contribution in [0.5, 0.6) is 5.75 Å². The van der Waals surface area contributed by atoms with Crippen LogP contribution in [-0.2, 0) is 24.2 Å². The summed E-state index contributed by atoms with van der Waals surface area (Å²) >= 11 is 0. The van der Waals surface area contributed by atoms with Gasteiger partial charge in [-0.2, -0.15) is 5.10 Å². The van der Waals surface area contributed by atoms with Gasteiger partial charge in [0.15, 0.2) is 0 Å². The van der Waals surface area contributed by atoms with Crippen LogP contribution < -0.4 is 10.1 Å². The molecule has 2 aromatic carbocycles. The predicted molar refractivity (Wildman–Crippen MR) is 109 cm³/mol. The lowest BCUT2D eigenvalue weighted by Gasteiger charge is -2.17. The van der Waals surface area contributed by atoms with Gasteiger partial charge in [-0.15, -0.1) is 0 Å². The highest BCUT2D eigenvalue weighted by Crippen LogP contribution is 2.25. The Kier molecular flexibility index (Phi) is 5.34. The number of hydrogen-bond acceptors (Lipinski definition) is 3. The number of rotatable bonds is 5. The zero-order chi connectivity index (χ0) is 20.4. The number of benzene rings is 2. The standard InChI is InChI=1S/C23H24FN3O2/c1-15-21(16(2)27(26-15)20-8-6-19(24)7-9-20)14-25-23(28)13-17-5-10-22-18(12-17)4-3-11-29-22/h5-10,12H,3-4,11,13-14H2,1-2H3,(H,25,28). The normalized spacial score (nSPS) is 12.9. The Morgan fingerprint density at radius 2 is 2.00 bits per heavy atom. The van der Waals surface area contributed by atoms with E-state index >= 15 is 0 Å². The number of aryl methyl sites for hydroxylation is 2. The molecule has 1 aromatic heterocycles. The Bertz CT molecular complexity index is 1040. The van der Waals surface area contributed by atoms with Crippen molar-refractivity contribution in [3.8, 4) is 11.4 Å². The van der Waals surface area contributed by atoms with E-state index in [1.165, 1.54) is 17.7 Å². The highest BCUT2D eigenvalue weighted by Gasteiger charge is 2.15. The minimum Gasteiger partial charge on any atom is -0.493 e. The molecule has 1 aliphatic heterocycles. The smallest absolute Gasteiger partial charge is 0.224 e. The van der Waals surface area contributed by atoms with Gasteiger partial charge in [0, 0.05) is 17.8 Å². The van der Waals surface area contributed by atoms with Gasteiger partial charge in [0.05, 0.1) is 24.4 Å². The number of hydrogen-bond donors (Lipinski definition) is 1. The third kappa shape index (κ3) is 4.16. The molecule has 3 aromatic rings. The summed E-state index contributed by atoms with van der Waals surface area (Å²) in [5.41, 5.74) is 5.71. The third-order valence-corrected chi connectivity index (χ3v) is 5.31. The van der Waals surface area contributed by atoms with Crippen molar-refractivity contribution in [3.05, 3.63) is 76.4 Å². The van der Waals surface area contributed by atoms with Crippen molar-refractivity contribution in [2.75, 3.05) is 6.61 Å². The van der Waals surface area contributed by atoms with Crippen molar-refractivity contribution in [3.63, 3.8) is 0 Å². The van der Waals surface area contributed by atoms with E-state index in [9.17, 15) is 9.18 Å². The van der Waals surface area contributed by atoms with E-state index in [-0.39, 0.29) is 11.7 Å². The van der Waals surface area contributed by atoms with Crippen LogP contribution in [0.4, 0.5) is 4.39 Å². The lowest BCUT2D eigenvalue weighted by atomic mass is 10.0. The van der Waals surface area contributed by atoms with Crippen LogP contribution in [-0.4, -0.2) is 22.3 Å². The van der Waals surface area contributed by atoms with Gasteiger partial charge in [0.1, 0.15) is 11.6 Å². The number of carbonyl (C=O) groups excluding carboxylic acids is 1. The van der Waals surface area contributed by atoms with Gasteiger partial charge in [-0.05, 0) is 68.1 Å². The van der Waals surface area contributed by atoms with Crippen molar-refractivity contribution in [1.82, 2.24) is 15.1 Å². The minimum atomic E-state index is -0.281. The molecule has 0 unspecified atom stereocenters. The van der Waals surface area contributed by atoms with Crippen LogP contribution in [0.15, 0.2) is 42.5 Å². The number of halogens is 1. The predicted octanol–water partition coefficient (Wildman–Crippen LogP) is 3.81. The summed E-state index contributed by atoms with van der Waals surface area (Å²) in [5.74, 6) is 0.617. The molecule has 150 valence electrons. The zero-order valence-electron chi connectivity index (χ0n) is 16.7. The number of nitrogens with one attached hydrogen (secondary N) is 1. The van der Waals surface area contributed by atoms with Gasteiger partial charge < -0.3 is 10.1 Å². The summed E-state index contributed by atoms with van der Waals surface area (Å²) in [6, 6.07) is 12.2. The molecule has 0 atom stereocenters. The molecule has 0 saturated carbocycles. The molecule has 5 nitrogen and oxygen atoms in total. The summed E-state index contributed by atoms with van der Waals surface area (Å²) in [5, 5.41) is 7.55. The van der Waals surface area contributed by atoms with Crippen molar-refractivity contribution < 1.29 is 13.9 Å². The largest absolute Gasteiger partial charge is 0.493 e. The van der Waals surface area contributed by atoms with Gasteiger partial charge in [0.2, 0.25) is 5.91 Å². The molecule has 0 fully saturated rings. The summed E-state index contributed by atoms with van der Waals surface area (Å²) in [6.45, 7) is 5.04. The molecule has 1 amide bonds. The van der Waals surface area contributed by atoms with E-state index in [2.05, 4.69) is 16.5 Å². The molecule has 1 N–H and O–H groups in total. The van der Waals surface area contributed by atoms with Gasteiger partial charge in [-0.3, -0.25) is 4.79 Å². The number of nitrogens with zero attached hydrogens (tertiary/aromatic N) is 2. The highest BCUT2D eigenvalue weighted by molar-refractivity contribution is 5.78. The Hall–Kier alpha value is -3.15.